The van der Waals surface area contributed by atoms with Gasteiger partial charge >= 0.3 is 0 Å². The predicted octanol–water partition coefficient (Wildman–Crippen LogP) is 4.32. The quantitative estimate of drug-likeness (QED) is 0.787. The van der Waals surface area contributed by atoms with Crippen molar-refractivity contribution in [3.8, 4) is 11.5 Å². The third kappa shape index (κ3) is 4.42. The van der Waals surface area contributed by atoms with Crippen molar-refractivity contribution in [3.63, 3.8) is 0 Å². The lowest BCUT2D eigenvalue weighted by Gasteiger charge is -2.15. The average Bonchev–Trinajstić information content (AvgIpc) is 2.52. The van der Waals surface area contributed by atoms with Gasteiger partial charge in [0.2, 0.25) is 0 Å². The molecule has 0 spiro atoms. The number of hydrogen-bond acceptors (Lipinski definition) is 3. The van der Waals surface area contributed by atoms with Crippen LogP contribution in [0.25, 0.3) is 0 Å². The Morgan fingerprint density at radius 3 is 2.36 bits per heavy atom. The maximum Gasteiger partial charge on any atom is 0.142 e. The minimum atomic E-state index is 0.650. The fraction of sp³-hybridized carbons (Fsp3) is 0.316. The molecule has 0 heterocycles. The average molecular weight is 298 g/mol. The Kier molecular flexibility index (Phi) is 6.13. The Bertz CT molecular complexity index is 578. The fourth-order valence-corrected chi connectivity index (χ4v) is 2.30. The van der Waals surface area contributed by atoms with Crippen LogP contribution in [0.5, 0.6) is 11.5 Å². The van der Waals surface area contributed by atoms with E-state index in [1.807, 2.05) is 44.2 Å². The van der Waals surface area contributed by atoms with Gasteiger partial charge in [0.05, 0.1) is 18.9 Å². The molecule has 2 aromatic rings. The van der Waals surface area contributed by atoms with Crippen LogP contribution < -0.4 is 14.8 Å². The summed E-state index contributed by atoms with van der Waals surface area (Å²) in [6.07, 6.45) is 0.937. The van der Waals surface area contributed by atoms with Gasteiger partial charge in [-0.05, 0) is 56.5 Å². The van der Waals surface area contributed by atoms with Crippen molar-refractivity contribution in [1.29, 1.82) is 0 Å². The number of benzene rings is 2. The van der Waals surface area contributed by atoms with E-state index in [1.165, 1.54) is 5.56 Å². The van der Waals surface area contributed by atoms with Gasteiger partial charge in [-0.3, -0.25) is 0 Å². The van der Waals surface area contributed by atoms with Gasteiger partial charge in [0.1, 0.15) is 11.5 Å². The Labute approximate surface area is 133 Å². The summed E-state index contributed by atoms with van der Waals surface area (Å²) in [5, 5.41) is 3.44. The molecule has 22 heavy (non-hydrogen) atoms. The highest BCUT2D eigenvalue weighted by molar-refractivity contribution is 5.63. The summed E-state index contributed by atoms with van der Waals surface area (Å²) in [5.41, 5.74) is 3.21. The highest BCUT2D eigenvalue weighted by Crippen LogP contribution is 2.28. The van der Waals surface area contributed by atoms with Crippen molar-refractivity contribution < 1.29 is 9.47 Å². The first-order valence-electron chi connectivity index (χ1n) is 7.78. The summed E-state index contributed by atoms with van der Waals surface area (Å²) < 4.78 is 11.1. The lowest BCUT2D eigenvalue weighted by molar-refractivity contribution is 0.340. The summed E-state index contributed by atoms with van der Waals surface area (Å²) in [4.78, 5) is 0. The Hall–Kier alpha value is -2.16. The van der Waals surface area contributed by atoms with E-state index < -0.39 is 0 Å². The predicted molar refractivity (Wildman–Crippen MR) is 91.9 cm³/mol. The van der Waals surface area contributed by atoms with Crippen LogP contribution in [-0.2, 0) is 6.42 Å². The maximum absolute atomic E-state index is 5.64. The Balaban J connectivity index is 1.93. The molecule has 0 aliphatic carbocycles. The van der Waals surface area contributed by atoms with E-state index >= 15 is 0 Å². The second kappa shape index (κ2) is 8.32. The molecule has 1 radical (unpaired) electrons. The van der Waals surface area contributed by atoms with Gasteiger partial charge in [0.15, 0.2) is 0 Å². The van der Waals surface area contributed by atoms with Crippen molar-refractivity contribution in [3.05, 3.63) is 60.5 Å². The fourth-order valence-electron chi connectivity index (χ4n) is 2.30. The first kappa shape index (κ1) is 16.2. The first-order chi connectivity index (χ1) is 10.7. The van der Waals surface area contributed by atoms with Gasteiger partial charge in [-0.2, -0.15) is 0 Å². The Morgan fingerprint density at radius 2 is 1.68 bits per heavy atom. The number of anilines is 1. The summed E-state index contributed by atoms with van der Waals surface area (Å²) in [6, 6.07) is 14.2. The van der Waals surface area contributed by atoms with Crippen LogP contribution in [0.15, 0.2) is 42.5 Å². The zero-order valence-electron chi connectivity index (χ0n) is 13.4. The molecule has 0 amide bonds. The molecule has 0 unspecified atom stereocenters. The van der Waals surface area contributed by atoms with Crippen LogP contribution in [-0.4, -0.2) is 19.8 Å². The molecule has 0 aromatic heterocycles. The van der Waals surface area contributed by atoms with E-state index in [0.717, 1.165) is 35.7 Å². The number of ether oxygens (including phenoxy) is 2. The Morgan fingerprint density at radius 1 is 0.955 bits per heavy atom. The third-order valence-corrected chi connectivity index (χ3v) is 3.36. The molecule has 0 saturated carbocycles. The molecule has 0 fully saturated rings. The van der Waals surface area contributed by atoms with Crippen molar-refractivity contribution in [2.24, 2.45) is 0 Å². The zero-order chi connectivity index (χ0) is 15.8. The summed E-state index contributed by atoms with van der Waals surface area (Å²) >= 11 is 0. The minimum absolute atomic E-state index is 0.650. The summed E-state index contributed by atoms with van der Waals surface area (Å²) in [5.74, 6) is 1.78. The molecule has 0 atom stereocenters. The minimum Gasteiger partial charge on any atom is -0.494 e. The van der Waals surface area contributed by atoms with E-state index in [2.05, 4.69) is 24.4 Å². The highest BCUT2D eigenvalue weighted by Gasteiger charge is 2.06. The van der Waals surface area contributed by atoms with Crippen LogP contribution in [0.1, 0.15) is 25.0 Å². The molecule has 117 valence electrons. The summed E-state index contributed by atoms with van der Waals surface area (Å²) in [6.45, 7) is 10.2. The van der Waals surface area contributed by atoms with E-state index in [9.17, 15) is 0 Å². The maximum atomic E-state index is 5.64. The van der Waals surface area contributed by atoms with Crippen molar-refractivity contribution in [1.82, 2.24) is 0 Å². The van der Waals surface area contributed by atoms with Crippen LogP contribution in [0.3, 0.4) is 0 Å². The normalized spacial score (nSPS) is 10.3. The molecular formula is C19H24NO2. The van der Waals surface area contributed by atoms with Crippen molar-refractivity contribution >= 4 is 5.69 Å². The lowest BCUT2D eigenvalue weighted by Crippen LogP contribution is -2.08. The summed E-state index contributed by atoms with van der Waals surface area (Å²) in [7, 11) is 0. The smallest absolute Gasteiger partial charge is 0.142 e. The molecule has 0 saturated heterocycles. The third-order valence-electron chi connectivity index (χ3n) is 3.36. The van der Waals surface area contributed by atoms with Crippen molar-refractivity contribution in [2.45, 2.75) is 20.3 Å². The van der Waals surface area contributed by atoms with Gasteiger partial charge in [-0.1, -0.05) is 24.3 Å². The molecule has 3 nitrogen and oxygen atoms in total. The first-order valence-corrected chi connectivity index (χ1v) is 7.78. The molecule has 0 bridgehead atoms. The zero-order valence-corrected chi connectivity index (χ0v) is 13.4. The van der Waals surface area contributed by atoms with E-state index in [4.69, 9.17) is 9.47 Å². The molecule has 2 rings (SSSR count). The van der Waals surface area contributed by atoms with Crippen LogP contribution in [0.4, 0.5) is 5.69 Å². The topological polar surface area (TPSA) is 30.5 Å². The molecule has 1 N–H and O–H groups in total. The molecule has 2 aromatic carbocycles. The number of rotatable bonds is 8. The second-order valence-corrected chi connectivity index (χ2v) is 4.98. The van der Waals surface area contributed by atoms with Crippen LogP contribution in [0, 0.1) is 6.92 Å². The molecule has 3 heteroatoms. The van der Waals surface area contributed by atoms with Crippen LogP contribution >= 0.6 is 0 Å². The SMILES string of the molecule is [CH2]c1cccc(OCC)c1NCCc1ccc(OCC)cc1. The monoisotopic (exact) mass is 298 g/mol. The lowest BCUT2D eigenvalue weighted by atomic mass is 10.1. The van der Waals surface area contributed by atoms with Gasteiger partial charge in [0, 0.05) is 6.54 Å². The van der Waals surface area contributed by atoms with Gasteiger partial charge in [-0.15, -0.1) is 0 Å². The molecule has 0 aliphatic heterocycles. The standard InChI is InChI=1S/C19H24NO2/c1-4-21-17-11-9-16(10-12-17)13-14-20-19-15(3)7-6-8-18(19)22-5-2/h6-12,20H,3-5,13-14H2,1-2H3. The highest BCUT2D eigenvalue weighted by atomic mass is 16.5. The number of nitrogens with one attached hydrogen (secondary N) is 1. The molecular weight excluding hydrogens is 274 g/mol. The van der Waals surface area contributed by atoms with Gasteiger partial charge < -0.3 is 14.8 Å². The molecule has 0 aliphatic rings. The number of hydrogen-bond donors (Lipinski definition) is 1. The second-order valence-electron chi connectivity index (χ2n) is 4.98. The van der Waals surface area contributed by atoms with E-state index in [1.54, 1.807) is 0 Å². The largest absolute Gasteiger partial charge is 0.494 e. The van der Waals surface area contributed by atoms with Crippen molar-refractivity contribution in [2.75, 3.05) is 25.1 Å². The number of para-hydroxylation sites is 1. The van der Waals surface area contributed by atoms with Crippen LogP contribution in [0.2, 0.25) is 0 Å². The van der Waals surface area contributed by atoms with E-state index in [-0.39, 0.29) is 0 Å². The van der Waals surface area contributed by atoms with E-state index in [0.29, 0.717) is 13.2 Å². The van der Waals surface area contributed by atoms with Gasteiger partial charge in [0.25, 0.3) is 0 Å². The van der Waals surface area contributed by atoms with Gasteiger partial charge in [-0.25, -0.2) is 0 Å².